The van der Waals surface area contributed by atoms with E-state index < -0.39 is 11.6 Å². The molecule has 5 rings (SSSR count). The standard InChI is InChI=1S/C23H17F2N7OS/c1-12-9-18(34-21(12)13-5-7-27-8-6-13)14-10-15(22(26)28-11-14)23-29-30-31-32(23)16-3-4-17(33-2)20(25)19(16)24/h3-11H,1-2H3,(H2,26,28). The Bertz CT molecular complexity index is 1500. The van der Waals surface area contributed by atoms with Gasteiger partial charge < -0.3 is 10.5 Å². The van der Waals surface area contributed by atoms with Gasteiger partial charge in [-0.1, -0.05) is 0 Å². The van der Waals surface area contributed by atoms with Crippen molar-refractivity contribution in [3.05, 3.63) is 72.2 Å². The van der Waals surface area contributed by atoms with Gasteiger partial charge in [0.05, 0.1) is 12.7 Å². The SMILES string of the molecule is COc1ccc(-n2nnnc2-c2cc(-c3cc(C)c(-c4ccncc4)s3)cnc2N)c(F)c1F. The number of anilines is 1. The van der Waals surface area contributed by atoms with Crippen molar-refractivity contribution in [3.8, 4) is 43.7 Å². The number of tetrazole rings is 1. The molecule has 0 aliphatic carbocycles. The van der Waals surface area contributed by atoms with Crippen LogP contribution in [0.4, 0.5) is 14.6 Å². The Balaban J connectivity index is 1.59. The zero-order valence-corrected chi connectivity index (χ0v) is 18.8. The molecule has 5 aromatic rings. The molecule has 0 aliphatic heterocycles. The van der Waals surface area contributed by atoms with E-state index in [-0.39, 0.29) is 23.1 Å². The minimum absolute atomic E-state index is 0.123. The van der Waals surface area contributed by atoms with E-state index in [0.717, 1.165) is 31.1 Å². The molecule has 0 saturated heterocycles. The van der Waals surface area contributed by atoms with Gasteiger partial charge in [0, 0.05) is 33.9 Å². The van der Waals surface area contributed by atoms with Crippen LogP contribution in [0.25, 0.3) is 38.0 Å². The number of nitrogen functional groups attached to an aromatic ring is 1. The largest absolute Gasteiger partial charge is 0.494 e. The Morgan fingerprint density at radius 1 is 1.03 bits per heavy atom. The maximum absolute atomic E-state index is 14.7. The van der Waals surface area contributed by atoms with Crippen molar-refractivity contribution >= 4 is 17.2 Å². The van der Waals surface area contributed by atoms with Crippen molar-refractivity contribution in [2.45, 2.75) is 6.92 Å². The smallest absolute Gasteiger partial charge is 0.202 e. The van der Waals surface area contributed by atoms with Crippen LogP contribution in [-0.2, 0) is 0 Å². The van der Waals surface area contributed by atoms with Gasteiger partial charge in [-0.3, -0.25) is 4.98 Å². The molecule has 0 radical (unpaired) electrons. The minimum Gasteiger partial charge on any atom is -0.494 e. The van der Waals surface area contributed by atoms with Crippen molar-refractivity contribution < 1.29 is 13.5 Å². The van der Waals surface area contributed by atoms with Crippen LogP contribution in [0.2, 0.25) is 0 Å². The molecular formula is C23H17F2N7OS. The lowest BCUT2D eigenvalue weighted by molar-refractivity contribution is 0.371. The van der Waals surface area contributed by atoms with E-state index in [1.807, 2.05) is 19.1 Å². The predicted molar refractivity (Wildman–Crippen MR) is 125 cm³/mol. The first-order valence-corrected chi connectivity index (χ1v) is 10.9. The summed E-state index contributed by atoms with van der Waals surface area (Å²) in [7, 11) is 1.25. The number of pyridine rings is 2. The fourth-order valence-corrected chi connectivity index (χ4v) is 4.72. The van der Waals surface area contributed by atoms with Gasteiger partial charge in [0.25, 0.3) is 0 Å². The van der Waals surface area contributed by atoms with Gasteiger partial charge in [-0.2, -0.15) is 9.07 Å². The molecular weight excluding hydrogens is 460 g/mol. The summed E-state index contributed by atoms with van der Waals surface area (Å²) in [6, 6.07) is 10.4. The molecule has 11 heteroatoms. The molecule has 4 aromatic heterocycles. The maximum atomic E-state index is 14.7. The number of rotatable bonds is 5. The number of aryl methyl sites for hydroxylation is 1. The summed E-state index contributed by atoms with van der Waals surface area (Å²) in [6.07, 6.45) is 5.15. The molecule has 0 amide bonds. The van der Waals surface area contributed by atoms with Crippen LogP contribution in [0.5, 0.6) is 5.75 Å². The highest BCUT2D eigenvalue weighted by Crippen LogP contribution is 2.39. The number of hydrogen-bond acceptors (Lipinski definition) is 8. The highest BCUT2D eigenvalue weighted by atomic mass is 32.1. The quantitative estimate of drug-likeness (QED) is 0.391. The summed E-state index contributed by atoms with van der Waals surface area (Å²) >= 11 is 1.60. The minimum atomic E-state index is -1.15. The molecule has 2 N–H and O–H groups in total. The number of benzene rings is 1. The Kier molecular flexibility index (Phi) is 5.46. The van der Waals surface area contributed by atoms with Crippen molar-refractivity contribution in [1.29, 1.82) is 0 Å². The number of thiophene rings is 1. The molecule has 0 unspecified atom stereocenters. The van der Waals surface area contributed by atoms with Crippen LogP contribution in [-0.4, -0.2) is 37.3 Å². The summed E-state index contributed by atoms with van der Waals surface area (Å²) in [5, 5.41) is 11.5. The summed E-state index contributed by atoms with van der Waals surface area (Å²) in [6.45, 7) is 2.03. The predicted octanol–water partition coefficient (Wildman–Crippen LogP) is 4.69. The third kappa shape index (κ3) is 3.65. The molecule has 4 heterocycles. The number of ether oxygens (including phenoxy) is 1. The lowest BCUT2D eigenvalue weighted by Crippen LogP contribution is -2.07. The monoisotopic (exact) mass is 477 g/mol. The van der Waals surface area contributed by atoms with Crippen molar-refractivity contribution in [3.63, 3.8) is 0 Å². The topological polar surface area (TPSA) is 105 Å². The first-order chi connectivity index (χ1) is 16.5. The van der Waals surface area contributed by atoms with Gasteiger partial charge in [0.2, 0.25) is 5.82 Å². The second-order valence-corrected chi connectivity index (χ2v) is 8.40. The van der Waals surface area contributed by atoms with E-state index in [1.165, 1.54) is 19.2 Å². The Morgan fingerprint density at radius 3 is 2.59 bits per heavy atom. The Hall–Kier alpha value is -4.25. The van der Waals surface area contributed by atoms with Gasteiger partial charge in [0.15, 0.2) is 17.4 Å². The summed E-state index contributed by atoms with van der Waals surface area (Å²) < 4.78 is 35.0. The van der Waals surface area contributed by atoms with Crippen LogP contribution < -0.4 is 10.5 Å². The molecule has 0 saturated carbocycles. The Morgan fingerprint density at radius 2 is 1.82 bits per heavy atom. The van der Waals surface area contributed by atoms with Crippen LogP contribution in [0, 0.1) is 18.6 Å². The van der Waals surface area contributed by atoms with Crippen molar-refractivity contribution in [2.24, 2.45) is 0 Å². The first-order valence-electron chi connectivity index (χ1n) is 10.1. The number of nitrogens with zero attached hydrogens (tertiary/aromatic N) is 6. The highest BCUT2D eigenvalue weighted by Gasteiger charge is 2.22. The molecule has 0 atom stereocenters. The van der Waals surface area contributed by atoms with Crippen LogP contribution in [0.3, 0.4) is 0 Å². The van der Waals surface area contributed by atoms with Crippen molar-refractivity contribution in [2.75, 3.05) is 12.8 Å². The van der Waals surface area contributed by atoms with Crippen molar-refractivity contribution in [1.82, 2.24) is 30.2 Å². The number of halogens is 2. The fraction of sp³-hybridized carbons (Fsp3) is 0.0870. The second kappa shape index (κ2) is 8.60. The van der Waals surface area contributed by atoms with Gasteiger partial charge in [0.1, 0.15) is 11.5 Å². The van der Waals surface area contributed by atoms with E-state index >= 15 is 0 Å². The van der Waals surface area contributed by atoms with Gasteiger partial charge >= 0.3 is 0 Å². The average molecular weight is 478 g/mol. The van der Waals surface area contributed by atoms with Gasteiger partial charge in [-0.25, -0.2) is 9.37 Å². The lowest BCUT2D eigenvalue weighted by atomic mass is 10.1. The molecule has 0 fully saturated rings. The van der Waals surface area contributed by atoms with Gasteiger partial charge in [-0.15, -0.1) is 16.4 Å². The Labute approximate surface area is 196 Å². The van der Waals surface area contributed by atoms with Gasteiger partial charge in [-0.05, 0) is 64.9 Å². The fourth-order valence-electron chi connectivity index (χ4n) is 3.56. The summed E-state index contributed by atoms with van der Waals surface area (Å²) in [5.41, 5.74) is 9.28. The molecule has 0 spiro atoms. The van der Waals surface area contributed by atoms with Crippen LogP contribution >= 0.6 is 11.3 Å². The molecule has 34 heavy (non-hydrogen) atoms. The van der Waals surface area contributed by atoms with Crippen LogP contribution in [0.15, 0.2) is 55.0 Å². The number of hydrogen-bond donors (Lipinski definition) is 1. The zero-order valence-electron chi connectivity index (χ0n) is 18.0. The summed E-state index contributed by atoms with van der Waals surface area (Å²) in [4.78, 5) is 10.4. The van der Waals surface area contributed by atoms with E-state index in [1.54, 1.807) is 36.0 Å². The second-order valence-electron chi connectivity index (χ2n) is 7.34. The van der Waals surface area contributed by atoms with E-state index in [0.29, 0.717) is 5.56 Å². The zero-order chi connectivity index (χ0) is 23.8. The lowest BCUT2D eigenvalue weighted by Gasteiger charge is -2.10. The van der Waals surface area contributed by atoms with Crippen LogP contribution in [0.1, 0.15) is 5.56 Å². The van der Waals surface area contributed by atoms with E-state index in [4.69, 9.17) is 10.5 Å². The normalized spacial score (nSPS) is 11.1. The van der Waals surface area contributed by atoms with E-state index in [9.17, 15) is 8.78 Å². The summed E-state index contributed by atoms with van der Waals surface area (Å²) in [5.74, 6) is -2.24. The number of nitrogens with two attached hydrogens (primary N) is 1. The molecule has 0 aliphatic rings. The molecule has 1 aromatic carbocycles. The average Bonchev–Trinajstić information content (AvgIpc) is 3.49. The third-order valence-corrected chi connectivity index (χ3v) is 6.58. The first kappa shape index (κ1) is 21.6. The molecule has 8 nitrogen and oxygen atoms in total. The number of aromatic nitrogens is 6. The molecule has 0 bridgehead atoms. The number of methoxy groups -OCH3 is 1. The maximum Gasteiger partial charge on any atom is 0.202 e. The highest BCUT2D eigenvalue weighted by molar-refractivity contribution is 7.19. The van der Waals surface area contributed by atoms with E-state index in [2.05, 4.69) is 31.6 Å². The molecule has 170 valence electrons. The third-order valence-electron chi connectivity index (χ3n) is 5.25.